The summed E-state index contributed by atoms with van der Waals surface area (Å²) >= 11 is 6.21. The van der Waals surface area contributed by atoms with Gasteiger partial charge in [-0.05, 0) is 23.8 Å². The molecule has 118 valence electrons. The lowest BCUT2D eigenvalue weighted by Crippen LogP contribution is -2.27. The molecule has 0 aliphatic carbocycles. The van der Waals surface area contributed by atoms with Crippen molar-refractivity contribution in [1.29, 1.82) is 0 Å². The number of anilines is 1. The molecule has 0 fully saturated rings. The highest BCUT2D eigenvalue weighted by Crippen LogP contribution is 2.37. The van der Waals surface area contributed by atoms with Gasteiger partial charge in [0.2, 0.25) is 0 Å². The first-order valence-electron chi connectivity index (χ1n) is 7.31. The van der Waals surface area contributed by atoms with E-state index in [1.54, 1.807) is 0 Å². The van der Waals surface area contributed by atoms with Crippen molar-refractivity contribution in [1.82, 2.24) is 10.2 Å². The standard InChI is InChI=1S/C16H21ClN3OP/c1-3-18-22(21,19-4-2)20-14-11-9-13(10-12-14)15-7-5-6-8-16(15)17/h5-12H,3-4H2,1-2H3,(H3,18,19,20,21). The molecule has 0 bridgehead atoms. The lowest BCUT2D eigenvalue weighted by atomic mass is 10.1. The molecule has 0 atom stereocenters. The van der Waals surface area contributed by atoms with Gasteiger partial charge in [-0.3, -0.25) is 4.57 Å². The van der Waals surface area contributed by atoms with Gasteiger partial charge in [-0.25, -0.2) is 10.2 Å². The number of nitrogens with one attached hydrogen (secondary N) is 3. The molecule has 0 unspecified atom stereocenters. The summed E-state index contributed by atoms with van der Waals surface area (Å²) in [6.45, 7) is 5.09. The van der Waals surface area contributed by atoms with Crippen LogP contribution in [0.25, 0.3) is 11.1 Å². The predicted molar refractivity (Wildman–Crippen MR) is 95.5 cm³/mol. The van der Waals surface area contributed by atoms with Gasteiger partial charge in [0, 0.05) is 29.4 Å². The minimum atomic E-state index is -2.81. The molecule has 0 radical (unpaired) electrons. The topological polar surface area (TPSA) is 53.2 Å². The quantitative estimate of drug-likeness (QED) is 0.638. The van der Waals surface area contributed by atoms with Gasteiger partial charge in [0.25, 0.3) is 0 Å². The van der Waals surface area contributed by atoms with E-state index in [0.717, 1.165) is 16.8 Å². The largest absolute Gasteiger partial charge is 0.313 e. The molecule has 2 aromatic rings. The van der Waals surface area contributed by atoms with Gasteiger partial charge in [0.15, 0.2) is 0 Å². The molecule has 4 nitrogen and oxygen atoms in total. The average Bonchev–Trinajstić information content (AvgIpc) is 2.49. The van der Waals surface area contributed by atoms with Gasteiger partial charge in [-0.1, -0.05) is 55.8 Å². The van der Waals surface area contributed by atoms with Crippen LogP contribution in [-0.4, -0.2) is 13.1 Å². The molecular formula is C16H21ClN3OP. The zero-order chi connectivity index (χ0) is 16.0. The van der Waals surface area contributed by atoms with Gasteiger partial charge in [-0.2, -0.15) is 0 Å². The first-order chi connectivity index (χ1) is 10.6. The Bertz CT molecular complexity index is 651. The molecule has 0 spiro atoms. The summed E-state index contributed by atoms with van der Waals surface area (Å²) in [5, 5.41) is 9.72. The molecule has 6 heteroatoms. The SMILES string of the molecule is CCNP(=O)(NCC)Nc1ccc(-c2ccccc2Cl)cc1. The first kappa shape index (κ1) is 17.0. The maximum atomic E-state index is 12.6. The Morgan fingerprint density at radius 2 is 1.55 bits per heavy atom. The zero-order valence-corrected chi connectivity index (χ0v) is 14.4. The van der Waals surface area contributed by atoms with Crippen LogP contribution in [0.2, 0.25) is 5.02 Å². The highest BCUT2D eigenvalue weighted by atomic mass is 35.5. The van der Waals surface area contributed by atoms with E-state index >= 15 is 0 Å². The number of hydrogen-bond acceptors (Lipinski definition) is 1. The second-order valence-corrected chi connectivity index (χ2v) is 7.28. The van der Waals surface area contributed by atoms with E-state index in [1.807, 2.05) is 62.4 Å². The Balaban J connectivity index is 2.18. The predicted octanol–water partition coefficient (Wildman–Crippen LogP) is 4.75. The second kappa shape index (κ2) is 7.80. The van der Waals surface area contributed by atoms with Gasteiger partial charge in [-0.15, -0.1) is 0 Å². The first-order valence-corrected chi connectivity index (χ1v) is 9.40. The van der Waals surface area contributed by atoms with Crippen molar-refractivity contribution in [3.8, 4) is 11.1 Å². The molecule has 0 aliphatic heterocycles. The Labute approximate surface area is 136 Å². The monoisotopic (exact) mass is 337 g/mol. The molecule has 3 N–H and O–H groups in total. The van der Waals surface area contributed by atoms with Crippen LogP contribution in [0.5, 0.6) is 0 Å². The van der Waals surface area contributed by atoms with Crippen molar-refractivity contribution in [3.05, 3.63) is 53.6 Å². The van der Waals surface area contributed by atoms with Crippen LogP contribution in [0, 0.1) is 0 Å². The van der Waals surface area contributed by atoms with Crippen LogP contribution in [0.1, 0.15) is 13.8 Å². The Hall–Kier alpha value is -1.32. The molecular weight excluding hydrogens is 317 g/mol. The maximum absolute atomic E-state index is 12.6. The summed E-state index contributed by atoms with van der Waals surface area (Å²) in [5.74, 6) is 0. The van der Waals surface area contributed by atoms with Crippen molar-refractivity contribution in [2.24, 2.45) is 0 Å². The van der Waals surface area contributed by atoms with Crippen LogP contribution in [0.3, 0.4) is 0 Å². The van der Waals surface area contributed by atoms with Crippen molar-refractivity contribution in [2.45, 2.75) is 13.8 Å². The van der Waals surface area contributed by atoms with E-state index in [1.165, 1.54) is 0 Å². The second-order valence-electron chi connectivity index (χ2n) is 4.80. The smallest absolute Gasteiger partial charge is 0.303 e. The summed E-state index contributed by atoms with van der Waals surface area (Å²) in [6.07, 6.45) is 0. The summed E-state index contributed by atoms with van der Waals surface area (Å²) in [7, 11) is -2.81. The normalized spacial score (nSPS) is 11.4. The van der Waals surface area contributed by atoms with Crippen molar-refractivity contribution < 1.29 is 4.57 Å². The van der Waals surface area contributed by atoms with Crippen LogP contribution in [-0.2, 0) is 4.57 Å². The summed E-state index contributed by atoms with van der Waals surface area (Å²) in [5.41, 5.74) is 2.80. The minimum Gasteiger partial charge on any atom is -0.313 e. The Morgan fingerprint density at radius 3 is 2.09 bits per heavy atom. The fourth-order valence-corrected chi connectivity index (χ4v) is 4.10. The summed E-state index contributed by atoms with van der Waals surface area (Å²) in [4.78, 5) is 0. The third-order valence-electron chi connectivity index (χ3n) is 3.12. The van der Waals surface area contributed by atoms with E-state index in [-0.39, 0.29) is 0 Å². The molecule has 0 aromatic heterocycles. The van der Waals surface area contributed by atoms with Crippen LogP contribution in [0.4, 0.5) is 5.69 Å². The Kier molecular flexibility index (Phi) is 6.04. The number of hydrogen-bond donors (Lipinski definition) is 3. The summed E-state index contributed by atoms with van der Waals surface area (Å²) in [6, 6.07) is 15.4. The molecule has 22 heavy (non-hydrogen) atoms. The Morgan fingerprint density at radius 1 is 0.955 bits per heavy atom. The van der Waals surface area contributed by atoms with Crippen molar-refractivity contribution >= 4 is 24.9 Å². The molecule has 0 amide bonds. The van der Waals surface area contributed by atoms with Gasteiger partial charge < -0.3 is 5.09 Å². The average molecular weight is 338 g/mol. The molecule has 0 saturated heterocycles. The summed E-state index contributed by atoms with van der Waals surface area (Å²) < 4.78 is 12.6. The van der Waals surface area contributed by atoms with Crippen LogP contribution < -0.4 is 15.3 Å². The highest BCUT2D eigenvalue weighted by Gasteiger charge is 2.18. The lowest BCUT2D eigenvalue weighted by molar-refractivity contribution is 0.560. The number of rotatable bonds is 7. The van der Waals surface area contributed by atoms with E-state index < -0.39 is 7.59 Å². The number of benzene rings is 2. The van der Waals surface area contributed by atoms with Crippen LogP contribution in [0.15, 0.2) is 48.5 Å². The minimum absolute atomic E-state index is 0.620. The molecule has 2 rings (SSSR count). The van der Waals surface area contributed by atoms with Gasteiger partial charge in [0.05, 0.1) is 0 Å². The van der Waals surface area contributed by atoms with Gasteiger partial charge >= 0.3 is 7.59 Å². The van der Waals surface area contributed by atoms with Crippen molar-refractivity contribution in [2.75, 3.05) is 18.2 Å². The van der Waals surface area contributed by atoms with E-state index in [4.69, 9.17) is 11.6 Å². The molecule has 0 heterocycles. The fourth-order valence-electron chi connectivity index (χ4n) is 2.18. The molecule has 0 aliphatic rings. The molecule has 2 aromatic carbocycles. The lowest BCUT2D eigenvalue weighted by Gasteiger charge is -2.21. The molecule has 0 saturated carbocycles. The third kappa shape index (κ3) is 4.34. The van der Waals surface area contributed by atoms with Crippen LogP contribution >= 0.6 is 19.2 Å². The zero-order valence-electron chi connectivity index (χ0n) is 12.8. The third-order valence-corrected chi connectivity index (χ3v) is 5.54. The van der Waals surface area contributed by atoms with E-state index in [9.17, 15) is 4.57 Å². The number of halogens is 1. The fraction of sp³-hybridized carbons (Fsp3) is 0.250. The van der Waals surface area contributed by atoms with Crippen molar-refractivity contribution in [3.63, 3.8) is 0 Å². The maximum Gasteiger partial charge on any atom is 0.303 e. The highest BCUT2D eigenvalue weighted by molar-refractivity contribution is 7.61. The van der Waals surface area contributed by atoms with E-state index in [0.29, 0.717) is 18.1 Å². The van der Waals surface area contributed by atoms with E-state index in [2.05, 4.69) is 15.3 Å². The van der Waals surface area contributed by atoms with Gasteiger partial charge in [0.1, 0.15) is 0 Å².